The Balaban J connectivity index is 1.86. The number of benzene rings is 1. The van der Waals surface area contributed by atoms with Crippen LogP contribution in [0.2, 0.25) is 0 Å². The van der Waals surface area contributed by atoms with Gasteiger partial charge in [0.25, 0.3) is 0 Å². The molecule has 0 atom stereocenters. The Morgan fingerprint density at radius 3 is 2.50 bits per heavy atom. The summed E-state index contributed by atoms with van der Waals surface area (Å²) in [5.41, 5.74) is 6.68. The van der Waals surface area contributed by atoms with Crippen molar-refractivity contribution in [3.8, 4) is 0 Å². The van der Waals surface area contributed by atoms with Gasteiger partial charge < -0.3 is 9.73 Å². The molecule has 0 unspecified atom stereocenters. The van der Waals surface area contributed by atoms with Gasteiger partial charge in [-0.15, -0.1) is 0 Å². The SMILES string of the molecule is Cc1cc(C)c2c(C3CC3)c(CNC3CC3)oc2c1C. The molecule has 1 aromatic carbocycles. The summed E-state index contributed by atoms with van der Waals surface area (Å²) < 4.78 is 6.31. The first-order chi connectivity index (χ1) is 9.65. The number of hydrogen-bond acceptors (Lipinski definition) is 2. The van der Waals surface area contributed by atoms with Gasteiger partial charge >= 0.3 is 0 Å². The summed E-state index contributed by atoms with van der Waals surface area (Å²) in [6.07, 6.45) is 5.32. The summed E-state index contributed by atoms with van der Waals surface area (Å²) in [7, 11) is 0. The highest BCUT2D eigenvalue weighted by molar-refractivity contribution is 5.89. The summed E-state index contributed by atoms with van der Waals surface area (Å²) in [5, 5.41) is 5.02. The zero-order valence-corrected chi connectivity index (χ0v) is 12.7. The van der Waals surface area contributed by atoms with Crippen molar-refractivity contribution in [2.75, 3.05) is 0 Å². The van der Waals surface area contributed by atoms with Crippen LogP contribution >= 0.6 is 0 Å². The van der Waals surface area contributed by atoms with Crippen molar-refractivity contribution < 1.29 is 4.42 Å². The Bertz CT molecular complexity index is 675. The molecule has 106 valence electrons. The minimum Gasteiger partial charge on any atom is -0.459 e. The first kappa shape index (κ1) is 12.5. The lowest BCUT2D eigenvalue weighted by atomic mass is 9.97. The normalized spacial score (nSPS) is 18.9. The molecular weight excluding hydrogens is 246 g/mol. The Labute approximate surface area is 120 Å². The number of fused-ring (bicyclic) bond motifs is 1. The summed E-state index contributed by atoms with van der Waals surface area (Å²) in [6, 6.07) is 3.05. The minimum absolute atomic E-state index is 0.735. The molecule has 0 saturated heterocycles. The van der Waals surface area contributed by atoms with Crippen LogP contribution in [-0.2, 0) is 6.54 Å². The fraction of sp³-hybridized carbons (Fsp3) is 0.556. The standard InChI is InChI=1S/C18H23NO/c1-10-8-11(2)16-17(13-4-5-13)15(9-19-14-6-7-14)20-18(16)12(10)3/h8,13-14,19H,4-7,9H2,1-3H3. The van der Waals surface area contributed by atoms with Gasteiger partial charge in [0, 0.05) is 17.0 Å². The number of rotatable bonds is 4. The maximum atomic E-state index is 6.31. The molecule has 0 bridgehead atoms. The predicted molar refractivity (Wildman–Crippen MR) is 82.3 cm³/mol. The molecule has 1 aromatic heterocycles. The lowest BCUT2D eigenvalue weighted by Crippen LogP contribution is -2.15. The molecule has 1 N–H and O–H groups in total. The molecule has 2 heteroatoms. The van der Waals surface area contributed by atoms with E-state index >= 15 is 0 Å². The van der Waals surface area contributed by atoms with Crippen LogP contribution in [0.25, 0.3) is 11.0 Å². The summed E-state index contributed by atoms with van der Waals surface area (Å²) in [5.74, 6) is 1.94. The van der Waals surface area contributed by atoms with Crippen molar-refractivity contribution >= 4 is 11.0 Å². The van der Waals surface area contributed by atoms with Crippen LogP contribution in [0, 0.1) is 20.8 Å². The summed E-state index contributed by atoms with van der Waals surface area (Å²) >= 11 is 0. The molecule has 4 rings (SSSR count). The smallest absolute Gasteiger partial charge is 0.138 e. The average Bonchev–Trinajstić information content (AvgIpc) is 3.32. The van der Waals surface area contributed by atoms with Gasteiger partial charge in [0.15, 0.2) is 0 Å². The number of nitrogens with one attached hydrogen (secondary N) is 1. The number of furan rings is 1. The van der Waals surface area contributed by atoms with E-state index in [0.717, 1.165) is 24.1 Å². The van der Waals surface area contributed by atoms with Gasteiger partial charge in [-0.3, -0.25) is 0 Å². The van der Waals surface area contributed by atoms with E-state index in [-0.39, 0.29) is 0 Å². The molecule has 2 aliphatic carbocycles. The Morgan fingerprint density at radius 2 is 1.85 bits per heavy atom. The zero-order chi connectivity index (χ0) is 13.9. The third-order valence-corrected chi connectivity index (χ3v) is 4.90. The second kappa shape index (κ2) is 4.36. The fourth-order valence-corrected chi connectivity index (χ4v) is 3.29. The third-order valence-electron chi connectivity index (χ3n) is 4.90. The van der Waals surface area contributed by atoms with E-state index in [1.165, 1.54) is 59.1 Å². The lowest BCUT2D eigenvalue weighted by Gasteiger charge is -2.05. The van der Waals surface area contributed by atoms with E-state index in [9.17, 15) is 0 Å². The van der Waals surface area contributed by atoms with Crippen LogP contribution in [-0.4, -0.2) is 6.04 Å². The average molecular weight is 269 g/mol. The van der Waals surface area contributed by atoms with Crippen molar-refractivity contribution in [1.29, 1.82) is 0 Å². The quantitative estimate of drug-likeness (QED) is 0.884. The number of aryl methyl sites for hydroxylation is 3. The van der Waals surface area contributed by atoms with Gasteiger partial charge in [0.1, 0.15) is 11.3 Å². The Kier molecular flexibility index (Phi) is 2.71. The van der Waals surface area contributed by atoms with E-state index in [0.29, 0.717) is 0 Å². The molecule has 2 aliphatic rings. The van der Waals surface area contributed by atoms with E-state index < -0.39 is 0 Å². The molecule has 20 heavy (non-hydrogen) atoms. The van der Waals surface area contributed by atoms with Crippen molar-refractivity contribution in [3.63, 3.8) is 0 Å². The first-order valence-electron chi connectivity index (χ1n) is 7.90. The predicted octanol–water partition coefficient (Wildman–Crippen LogP) is 4.49. The summed E-state index contributed by atoms with van der Waals surface area (Å²) in [6.45, 7) is 7.51. The zero-order valence-electron chi connectivity index (χ0n) is 12.7. The highest BCUT2D eigenvalue weighted by atomic mass is 16.3. The maximum absolute atomic E-state index is 6.31. The highest BCUT2D eigenvalue weighted by Gasteiger charge is 2.32. The van der Waals surface area contributed by atoms with Crippen LogP contribution < -0.4 is 5.32 Å². The van der Waals surface area contributed by atoms with E-state index in [1.807, 2.05) is 0 Å². The Morgan fingerprint density at radius 1 is 1.10 bits per heavy atom. The maximum Gasteiger partial charge on any atom is 0.138 e. The molecule has 2 aromatic rings. The second-order valence-electron chi connectivity index (χ2n) is 6.71. The molecule has 0 spiro atoms. The van der Waals surface area contributed by atoms with Crippen LogP contribution in [0.1, 0.15) is 59.6 Å². The third kappa shape index (κ3) is 1.98. The lowest BCUT2D eigenvalue weighted by molar-refractivity contribution is 0.505. The van der Waals surface area contributed by atoms with E-state index in [4.69, 9.17) is 4.42 Å². The minimum atomic E-state index is 0.735. The van der Waals surface area contributed by atoms with Gasteiger partial charge in [-0.1, -0.05) is 6.07 Å². The molecule has 0 aliphatic heterocycles. The molecule has 0 radical (unpaired) electrons. The van der Waals surface area contributed by atoms with E-state index in [2.05, 4.69) is 32.2 Å². The van der Waals surface area contributed by atoms with E-state index in [1.54, 1.807) is 0 Å². The molecule has 2 nitrogen and oxygen atoms in total. The van der Waals surface area contributed by atoms with Crippen LogP contribution in [0.4, 0.5) is 0 Å². The van der Waals surface area contributed by atoms with Crippen molar-refractivity contribution in [3.05, 3.63) is 34.1 Å². The van der Waals surface area contributed by atoms with Crippen LogP contribution in [0.15, 0.2) is 10.5 Å². The van der Waals surface area contributed by atoms with Crippen molar-refractivity contribution in [2.45, 2.75) is 65.0 Å². The largest absolute Gasteiger partial charge is 0.459 e. The summed E-state index contributed by atoms with van der Waals surface area (Å²) in [4.78, 5) is 0. The highest BCUT2D eigenvalue weighted by Crippen LogP contribution is 2.48. The van der Waals surface area contributed by atoms with Gasteiger partial charge in [-0.2, -0.15) is 0 Å². The second-order valence-corrected chi connectivity index (χ2v) is 6.71. The molecule has 0 amide bonds. The molecular formula is C18H23NO. The van der Waals surface area contributed by atoms with Gasteiger partial charge in [-0.25, -0.2) is 0 Å². The van der Waals surface area contributed by atoms with Gasteiger partial charge in [0.05, 0.1) is 6.54 Å². The van der Waals surface area contributed by atoms with Crippen LogP contribution in [0.3, 0.4) is 0 Å². The van der Waals surface area contributed by atoms with Crippen LogP contribution in [0.5, 0.6) is 0 Å². The van der Waals surface area contributed by atoms with Crippen molar-refractivity contribution in [1.82, 2.24) is 5.32 Å². The first-order valence-corrected chi connectivity index (χ1v) is 7.90. The monoisotopic (exact) mass is 269 g/mol. The fourth-order valence-electron chi connectivity index (χ4n) is 3.29. The Hall–Kier alpha value is -1.28. The molecule has 2 fully saturated rings. The van der Waals surface area contributed by atoms with Gasteiger partial charge in [0.2, 0.25) is 0 Å². The topological polar surface area (TPSA) is 25.2 Å². The van der Waals surface area contributed by atoms with Crippen molar-refractivity contribution in [2.24, 2.45) is 0 Å². The number of hydrogen-bond donors (Lipinski definition) is 1. The van der Waals surface area contributed by atoms with Gasteiger partial charge in [-0.05, 0) is 69.1 Å². The molecule has 1 heterocycles. The molecule has 2 saturated carbocycles.